The van der Waals surface area contributed by atoms with Crippen molar-refractivity contribution in [1.29, 1.82) is 0 Å². The van der Waals surface area contributed by atoms with E-state index in [9.17, 15) is 0 Å². The maximum Gasteiger partial charge on any atom is 0.0313 e. The molecular weight excluding hydrogens is 142 g/mol. The second-order valence-corrected chi connectivity index (χ2v) is 5.53. The molecule has 0 bridgehead atoms. The Morgan fingerprint density at radius 1 is 1.70 bits per heavy atom. The van der Waals surface area contributed by atoms with Gasteiger partial charge in [0.15, 0.2) is 0 Å². The second-order valence-electron chi connectivity index (χ2n) is 3.54. The summed E-state index contributed by atoms with van der Waals surface area (Å²) < 4.78 is 0.466. The third kappa shape index (κ3) is 1.48. The highest BCUT2D eigenvalue weighted by Crippen LogP contribution is 2.54. The summed E-state index contributed by atoms with van der Waals surface area (Å²) in [4.78, 5) is 0. The van der Waals surface area contributed by atoms with Gasteiger partial charge in [-0.25, -0.2) is 0 Å². The van der Waals surface area contributed by atoms with Crippen LogP contribution in [0.1, 0.15) is 27.2 Å². The molecule has 1 nitrogen and oxygen atoms in total. The van der Waals surface area contributed by atoms with Crippen molar-refractivity contribution in [2.24, 2.45) is 11.7 Å². The van der Waals surface area contributed by atoms with Crippen LogP contribution in [-0.2, 0) is 0 Å². The summed E-state index contributed by atoms with van der Waals surface area (Å²) in [5.41, 5.74) is 5.69. The average molecular weight is 159 g/mol. The zero-order valence-corrected chi connectivity index (χ0v) is 7.87. The first-order chi connectivity index (χ1) is 4.60. The van der Waals surface area contributed by atoms with E-state index < -0.39 is 0 Å². The van der Waals surface area contributed by atoms with Crippen molar-refractivity contribution in [2.45, 2.75) is 37.2 Å². The molecule has 0 heterocycles. The molecule has 1 fully saturated rings. The summed E-state index contributed by atoms with van der Waals surface area (Å²) in [5.74, 6) is 0.852. The zero-order chi connectivity index (χ0) is 7.78. The summed E-state index contributed by atoms with van der Waals surface area (Å²) in [6.07, 6.45) is 1.33. The van der Waals surface area contributed by atoms with E-state index in [1.54, 1.807) is 0 Å². The van der Waals surface area contributed by atoms with Crippen molar-refractivity contribution in [2.75, 3.05) is 6.54 Å². The fourth-order valence-electron chi connectivity index (χ4n) is 1.43. The summed E-state index contributed by atoms with van der Waals surface area (Å²) >= 11 is 2.05. The van der Waals surface area contributed by atoms with E-state index in [4.69, 9.17) is 5.73 Å². The smallest absolute Gasteiger partial charge is 0.0313 e. The maximum absolute atomic E-state index is 5.69. The summed E-state index contributed by atoms with van der Waals surface area (Å²) in [5, 5.41) is 0.730. The molecule has 1 aliphatic carbocycles. The number of thioether (sulfide) groups is 1. The topological polar surface area (TPSA) is 26.0 Å². The van der Waals surface area contributed by atoms with Gasteiger partial charge in [-0.15, -0.1) is 0 Å². The van der Waals surface area contributed by atoms with E-state index in [2.05, 4.69) is 32.5 Å². The van der Waals surface area contributed by atoms with Crippen LogP contribution in [-0.4, -0.2) is 16.5 Å². The highest BCUT2D eigenvalue weighted by atomic mass is 32.2. The van der Waals surface area contributed by atoms with Gasteiger partial charge in [-0.3, -0.25) is 0 Å². The third-order valence-electron chi connectivity index (χ3n) is 2.21. The highest BCUT2D eigenvalue weighted by Gasteiger charge is 2.50. The number of hydrogen-bond donors (Lipinski definition) is 1. The molecule has 0 aromatic carbocycles. The van der Waals surface area contributed by atoms with Gasteiger partial charge in [0.2, 0.25) is 0 Å². The van der Waals surface area contributed by atoms with Gasteiger partial charge in [-0.2, -0.15) is 11.8 Å². The van der Waals surface area contributed by atoms with E-state index in [0.29, 0.717) is 4.75 Å². The highest BCUT2D eigenvalue weighted by molar-refractivity contribution is 8.01. The molecule has 0 aliphatic heterocycles. The Labute approximate surface area is 67.8 Å². The standard InChI is InChI=1S/C8H17NS/c1-6(2)10-8(5-9)4-7(8)3/h6-7H,4-5,9H2,1-3H3. The molecule has 0 radical (unpaired) electrons. The van der Waals surface area contributed by atoms with E-state index in [1.807, 2.05) is 0 Å². The molecule has 1 rings (SSSR count). The Morgan fingerprint density at radius 2 is 2.20 bits per heavy atom. The monoisotopic (exact) mass is 159 g/mol. The molecule has 1 saturated carbocycles. The Bertz CT molecular complexity index is 120. The Kier molecular flexibility index (Phi) is 2.31. The van der Waals surface area contributed by atoms with Crippen LogP contribution in [0.2, 0.25) is 0 Å². The lowest BCUT2D eigenvalue weighted by Gasteiger charge is -2.15. The van der Waals surface area contributed by atoms with Gasteiger partial charge in [0.1, 0.15) is 0 Å². The van der Waals surface area contributed by atoms with Crippen LogP contribution in [0.15, 0.2) is 0 Å². The second kappa shape index (κ2) is 2.74. The van der Waals surface area contributed by atoms with Crippen LogP contribution in [0.3, 0.4) is 0 Å². The lowest BCUT2D eigenvalue weighted by Crippen LogP contribution is -2.22. The lowest BCUT2D eigenvalue weighted by atomic mass is 10.3. The van der Waals surface area contributed by atoms with Crippen molar-refractivity contribution < 1.29 is 0 Å². The fraction of sp³-hybridized carbons (Fsp3) is 1.00. The molecule has 2 N–H and O–H groups in total. The Hall–Kier alpha value is 0.310. The number of nitrogens with two attached hydrogens (primary N) is 1. The van der Waals surface area contributed by atoms with E-state index in [0.717, 1.165) is 17.7 Å². The zero-order valence-electron chi connectivity index (χ0n) is 7.05. The van der Waals surface area contributed by atoms with Gasteiger partial charge >= 0.3 is 0 Å². The Morgan fingerprint density at radius 3 is 2.30 bits per heavy atom. The quantitative estimate of drug-likeness (QED) is 0.680. The van der Waals surface area contributed by atoms with Crippen LogP contribution >= 0.6 is 11.8 Å². The largest absolute Gasteiger partial charge is 0.329 e. The van der Waals surface area contributed by atoms with Gasteiger partial charge in [0.25, 0.3) is 0 Å². The first-order valence-electron chi connectivity index (χ1n) is 3.98. The molecule has 0 amide bonds. The minimum atomic E-state index is 0.466. The molecule has 0 spiro atoms. The Balaban J connectivity index is 2.37. The first-order valence-corrected chi connectivity index (χ1v) is 4.86. The molecule has 0 aromatic rings. The minimum absolute atomic E-state index is 0.466. The molecule has 2 heteroatoms. The van der Waals surface area contributed by atoms with Gasteiger partial charge in [0, 0.05) is 11.3 Å². The normalized spacial score (nSPS) is 38.7. The van der Waals surface area contributed by atoms with Gasteiger partial charge in [-0.1, -0.05) is 20.8 Å². The molecule has 0 saturated heterocycles. The molecule has 60 valence electrons. The molecule has 1 aliphatic rings. The van der Waals surface area contributed by atoms with Gasteiger partial charge in [-0.05, 0) is 17.6 Å². The summed E-state index contributed by atoms with van der Waals surface area (Å²) in [6, 6.07) is 0. The maximum atomic E-state index is 5.69. The number of rotatable bonds is 3. The first kappa shape index (κ1) is 8.41. The van der Waals surface area contributed by atoms with Crippen molar-refractivity contribution in [3.63, 3.8) is 0 Å². The van der Waals surface area contributed by atoms with Crippen molar-refractivity contribution in [1.82, 2.24) is 0 Å². The van der Waals surface area contributed by atoms with Gasteiger partial charge < -0.3 is 5.73 Å². The van der Waals surface area contributed by atoms with Crippen molar-refractivity contribution >= 4 is 11.8 Å². The molecule has 10 heavy (non-hydrogen) atoms. The van der Waals surface area contributed by atoms with Crippen LogP contribution in [0.25, 0.3) is 0 Å². The van der Waals surface area contributed by atoms with Crippen LogP contribution in [0.5, 0.6) is 0 Å². The SMILES string of the molecule is CC(C)SC1(CN)CC1C. The third-order valence-corrected chi connectivity index (χ3v) is 3.88. The van der Waals surface area contributed by atoms with E-state index in [-0.39, 0.29) is 0 Å². The van der Waals surface area contributed by atoms with Crippen LogP contribution in [0.4, 0.5) is 0 Å². The lowest BCUT2D eigenvalue weighted by molar-refractivity contribution is 0.801. The van der Waals surface area contributed by atoms with Crippen molar-refractivity contribution in [3.8, 4) is 0 Å². The average Bonchev–Trinajstić information content (AvgIpc) is 2.42. The fourth-order valence-corrected chi connectivity index (χ4v) is 3.04. The summed E-state index contributed by atoms with van der Waals surface area (Å²) in [6.45, 7) is 7.64. The molecular formula is C8H17NS. The predicted octanol–water partition coefficient (Wildman–Crippen LogP) is 1.87. The van der Waals surface area contributed by atoms with Crippen LogP contribution < -0.4 is 5.73 Å². The van der Waals surface area contributed by atoms with Gasteiger partial charge in [0.05, 0.1) is 0 Å². The molecule has 0 aromatic heterocycles. The molecule has 2 atom stereocenters. The minimum Gasteiger partial charge on any atom is -0.329 e. The van der Waals surface area contributed by atoms with Crippen molar-refractivity contribution in [3.05, 3.63) is 0 Å². The van der Waals surface area contributed by atoms with Crippen LogP contribution in [0, 0.1) is 5.92 Å². The molecule has 2 unspecified atom stereocenters. The summed E-state index contributed by atoms with van der Waals surface area (Å²) in [7, 11) is 0. The van der Waals surface area contributed by atoms with E-state index in [1.165, 1.54) is 6.42 Å². The predicted molar refractivity (Wildman–Crippen MR) is 48.3 cm³/mol. The number of hydrogen-bond acceptors (Lipinski definition) is 2. The van der Waals surface area contributed by atoms with E-state index >= 15 is 0 Å².